The first kappa shape index (κ1) is 26.7. The van der Waals surface area contributed by atoms with Crippen molar-refractivity contribution in [2.45, 2.75) is 67.0 Å². The Labute approximate surface area is 174 Å². The van der Waals surface area contributed by atoms with E-state index in [0.717, 1.165) is 20.8 Å². The van der Waals surface area contributed by atoms with Crippen LogP contribution in [0.4, 0.5) is 52.7 Å². The third-order valence-corrected chi connectivity index (χ3v) is 5.88. The molecule has 0 bridgehead atoms. The zero-order chi connectivity index (χ0) is 25.5. The fourth-order valence-corrected chi connectivity index (χ4v) is 4.36. The van der Waals surface area contributed by atoms with E-state index in [-0.39, 0.29) is 12.1 Å². The molecule has 0 aliphatic carbocycles. The van der Waals surface area contributed by atoms with Gasteiger partial charge in [-0.3, -0.25) is 4.18 Å². The maximum Gasteiger partial charge on any atom is 0.432 e. The van der Waals surface area contributed by atoms with Crippen molar-refractivity contribution in [1.29, 1.82) is 0 Å². The van der Waals surface area contributed by atoms with E-state index >= 15 is 0 Å². The molecule has 3 nitrogen and oxygen atoms in total. The van der Waals surface area contributed by atoms with Crippen molar-refractivity contribution in [2.24, 2.45) is 0 Å². The van der Waals surface area contributed by atoms with Crippen molar-refractivity contribution >= 4 is 11.1 Å². The third kappa shape index (κ3) is 3.57. The van der Waals surface area contributed by atoms with Crippen LogP contribution in [0.2, 0.25) is 0 Å². The number of aliphatic hydroxyl groups is 1. The summed E-state index contributed by atoms with van der Waals surface area (Å²) in [6.07, 6.45) is -26.4. The van der Waals surface area contributed by atoms with Gasteiger partial charge in [-0.1, -0.05) is 32.9 Å². The molecule has 0 fully saturated rings. The molecule has 0 saturated carbocycles. The summed E-state index contributed by atoms with van der Waals surface area (Å²) in [5, 5.41) is 9.70. The fraction of sp³-hybridized carbons (Fsp3) is 0.625. The second-order valence-corrected chi connectivity index (χ2v) is 8.90. The van der Waals surface area contributed by atoms with E-state index in [2.05, 4.69) is 4.18 Å². The van der Waals surface area contributed by atoms with Crippen molar-refractivity contribution in [3.63, 3.8) is 0 Å². The highest BCUT2D eigenvalue weighted by Gasteiger charge is 2.80. The molecule has 1 N–H and O–H groups in total. The average Bonchev–Trinajstić information content (AvgIpc) is 2.84. The quantitative estimate of drug-likeness (QED) is 0.494. The number of fused-ring (bicyclic) bond motifs is 1. The van der Waals surface area contributed by atoms with Gasteiger partial charge in [-0.05, 0) is 11.0 Å². The molecular weight excluding hydrogens is 500 g/mol. The highest BCUT2D eigenvalue weighted by molar-refractivity contribution is 7.80. The van der Waals surface area contributed by atoms with E-state index in [4.69, 9.17) is 0 Å². The maximum absolute atomic E-state index is 13.6. The molecule has 0 spiro atoms. The summed E-state index contributed by atoms with van der Waals surface area (Å²) < 4.78 is 178. The minimum absolute atomic E-state index is 0.0257. The summed E-state index contributed by atoms with van der Waals surface area (Å²) in [5.74, 6) is 0. The largest absolute Gasteiger partial charge is 0.432 e. The minimum atomic E-state index is -6.68. The van der Waals surface area contributed by atoms with E-state index < -0.39 is 74.0 Å². The first-order valence-corrected chi connectivity index (χ1v) is 9.21. The average molecular weight is 512 g/mol. The summed E-state index contributed by atoms with van der Waals surface area (Å²) >= 11 is -4.12. The van der Waals surface area contributed by atoms with Gasteiger partial charge in [-0.25, -0.2) is 4.21 Å². The van der Waals surface area contributed by atoms with Crippen molar-refractivity contribution < 1.29 is 66.2 Å². The van der Waals surface area contributed by atoms with Crippen LogP contribution in [0.1, 0.15) is 37.5 Å². The molecule has 0 saturated heterocycles. The van der Waals surface area contributed by atoms with Gasteiger partial charge < -0.3 is 5.11 Å². The Bertz CT molecular complexity index is 906. The van der Waals surface area contributed by atoms with Crippen LogP contribution in [0.15, 0.2) is 17.0 Å². The lowest BCUT2D eigenvalue weighted by Gasteiger charge is -2.36. The van der Waals surface area contributed by atoms with Crippen LogP contribution < -0.4 is 0 Å². The van der Waals surface area contributed by atoms with Crippen molar-refractivity contribution in [3.05, 3.63) is 28.8 Å². The van der Waals surface area contributed by atoms with Gasteiger partial charge in [0.25, 0.3) is 5.60 Å². The molecule has 1 atom stereocenters. The molecule has 0 radical (unpaired) electrons. The van der Waals surface area contributed by atoms with Crippen molar-refractivity contribution in [2.75, 3.05) is 0 Å². The van der Waals surface area contributed by atoms with Crippen molar-refractivity contribution in [1.82, 2.24) is 0 Å². The van der Waals surface area contributed by atoms with Gasteiger partial charge in [0.1, 0.15) is 0 Å². The number of hydrogen-bond donors (Lipinski definition) is 1. The molecule has 32 heavy (non-hydrogen) atoms. The zero-order valence-electron chi connectivity index (χ0n) is 15.9. The van der Waals surface area contributed by atoms with Gasteiger partial charge in [0, 0.05) is 11.1 Å². The van der Waals surface area contributed by atoms with E-state index in [0.29, 0.717) is 0 Å². The minimum Gasteiger partial charge on any atom is -0.369 e. The predicted molar refractivity (Wildman–Crippen MR) is 82.4 cm³/mol. The van der Waals surface area contributed by atoms with Gasteiger partial charge >= 0.3 is 30.3 Å². The molecule has 0 aromatic heterocycles. The van der Waals surface area contributed by atoms with Crippen LogP contribution in [0, 0.1) is 0 Å². The molecule has 1 aromatic carbocycles. The lowest BCUT2D eigenvalue weighted by molar-refractivity contribution is -0.377. The SMILES string of the molecule is CC(C)(C)c1cc(C(O)(C(F)(F)F)C(F)(F)F)c2c(c1)C(C(F)(F)F)(C(F)(F)F)OS2=O. The first-order chi connectivity index (χ1) is 13.8. The molecule has 184 valence electrons. The highest BCUT2D eigenvalue weighted by atomic mass is 32.2. The van der Waals surface area contributed by atoms with E-state index in [9.17, 15) is 62.0 Å². The monoisotopic (exact) mass is 512 g/mol. The summed E-state index contributed by atoms with van der Waals surface area (Å²) in [5.41, 5.74) is -18.8. The Morgan fingerprint density at radius 2 is 1.22 bits per heavy atom. The lowest BCUT2D eigenvalue weighted by Crippen LogP contribution is -2.55. The molecule has 1 aliphatic rings. The Hall–Kier alpha value is -1.55. The summed E-state index contributed by atoms with van der Waals surface area (Å²) in [6.45, 7) is 3.19. The van der Waals surface area contributed by atoms with E-state index in [1.807, 2.05) is 0 Å². The molecule has 1 aliphatic heterocycles. The topological polar surface area (TPSA) is 46.5 Å². The van der Waals surface area contributed by atoms with Gasteiger partial charge in [-0.2, -0.15) is 52.7 Å². The van der Waals surface area contributed by atoms with Crippen LogP contribution in [-0.4, -0.2) is 34.0 Å². The fourth-order valence-electron chi connectivity index (χ4n) is 3.00. The first-order valence-electron chi connectivity index (χ1n) is 8.14. The molecule has 1 heterocycles. The molecule has 16 heteroatoms. The predicted octanol–water partition coefficient (Wildman–Crippen LogP) is 5.67. The van der Waals surface area contributed by atoms with Crippen LogP contribution in [-0.2, 0) is 31.9 Å². The Morgan fingerprint density at radius 3 is 1.53 bits per heavy atom. The van der Waals surface area contributed by atoms with E-state index in [1.54, 1.807) is 0 Å². The summed E-state index contributed by atoms with van der Waals surface area (Å²) in [7, 11) is 0. The van der Waals surface area contributed by atoms with Gasteiger partial charge in [0.15, 0.2) is 11.1 Å². The van der Waals surface area contributed by atoms with E-state index in [1.165, 1.54) is 0 Å². The van der Waals surface area contributed by atoms with Crippen LogP contribution >= 0.6 is 0 Å². The van der Waals surface area contributed by atoms with Gasteiger partial charge in [-0.15, -0.1) is 0 Å². The molecule has 2 rings (SSSR count). The second kappa shape index (κ2) is 6.98. The Kier molecular flexibility index (Phi) is 5.82. The van der Waals surface area contributed by atoms with Crippen LogP contribution in [0.5, 0.6) is 0 Å². The number of benzene rings is 1. The number of rotatable bonds is 1. The number of hydrogen-bond acceptors (Lipinski definition) is 3. The smallest absolute Gasteiger partial charge is 0.369 e. The second-order valence-electron chi connectivity index (χ2n) is 7.85. The standard InChI is InChI=1S/C16H12F12O3S/c1-10(2,3)6-4-7(11(29,13(17,18)19)14(20,21)22)9-8(5-6)12(15(23,24)25,16(26,27)28)31-32(9)30/h4-5,29H,1-3H3. The molecule has 0 amide bonds. The third-order valence-electron chi connectivity index (χ3n) is 4.71. The maximum atomic E-state index is 13.6. The Balaban J connectivity index is 3.22. The van der Waals surface area contributed by atoms with Crippen LogP contribution in [0.3, 0.4) is 0 Å². The van der Waals surface area contributed by atoms with Crippen molar-refractivity contribution in [3.8, 4) is 0 Å². The Morgan fingerprint density at radius 1 is 0.812 bits per heavy atom. The van der Waals surface area contributed by atoms with Gasteiger partial charge in [0.05, 0.1) is 4.90 Å². The normalized spacial score (nSPS) is 20.4. The van der Waals surface area contributed by atoms with Gasteiger partial charge in [0.2, 0.25) is 0 Å². The summed E-state index contributed by atoms with van der Waals surface area (Å²) in [6, 6.07) is -0.0538. The number of alkyl halides is 12. The highest BCUT2D eigenvalue weighted by Crippen LogP contribution is 2.62. The zero-order valence-corrected chi connectivity index (χ0v) is 16.7. The number of halogens is 12. The molecule has 1 unspecified atom stereocenters. The van der Waals surface area contributed by atoms with Crippen LogP contribution in [0.25, 0.3) is 0 Å². The molecular formula is C16H12F12O3S. The summed E-state index contributed by atoms with van der Waals surface area (Å²) in [4.78, 5) is -2.22. The lowest BCUT2D eigenvalue weighted by atomic mass is 9.78. The molecule has 1 aromatic rings.